The van der Waals surface area contributed by atoms with Gasteiger partial charge in [-0.2, -0.15) is 0 Å². The number of ether oxygens (including phenoxy) is 2. The van der Waals surface area contributed by atoms with E-state index < -0.39 is 0 Å². The highest BCUT2D eigenvalue weighted by Crippen LogP contribution is 2.40. The second kappa shape index (κ2) is 9.76. The molecule has 0 aliphatic carbocycles. The summed E-state index contributed by atoms with van der Waals surface area (Å²) < 4.78 is 12.7. The van der Waals surface area contributed by atoms with E-state index in [1.165, 1.54) is 57.6 Å². The van der Waals surface area contributed by atoms with Crippen LogP contribution in [-0.2, 0) is 6.42 Å². The summed E-state index contributed by atoms with van der Waals surface area (Å²) in [5.41, 5.74) is 3.93. The first-order valence-corrected chi connectivity index (χ1v) is 12.2. The van der Waals surface area contributed by atoms with E-state index >= 15 is 0 Å². The lowest BCUT2D eigenvalue weighted by Crippen LogP contribution is -2.25. The Bertz CT molecular complexity index is 1160. The molecule has 1 aromatic heterocycles. The minimum atomic E-state index is 0.760. The van der Waals surface area contributed by atoms with Crippen LogP contribution in [-0.4, -0.2) is 38.3 Å². The number of hydrogen-bond donors (Lipinski definition) is 0. The Morgan fingerprint density at radius 2 is 1.56 bits per heavy atom. The molecule has 4 aromatic rings. The summed E-state index contributed by atoms with van der Waals surface area (Å²) in [5.74, 6) is 1.84. The van der Waals surface area contributed by atoms with Crippen molar-refractivity contribution < 1.29 is 9.47 Å². The monoisotopic (exact) mass is 443 g/mol. The van der Waals surface area contributed by atoms with Crippen LogP contribution in [0.25, 0.3) is 20.5 Å². The summed E-state index contributed by atoms with van der Waals surface area (Å²) >= 11 is 1.87. The van der Waals surface area contributed by atoms with Crippen LogP contribution >= 0.6 is 11.3 Å². The van der Waals surface area contributed by atoms with Gasteiger partial charge in [0.15, 0.2) is 0 Å². The van der Waals surface area contributed by atoms with Gasteiger partial charge in [0, 0.05) is 16.1 Å². The number of likely N-dealkylation sites (tertiary alicyclic amines) is 1. The Morgan fingerprint density at radius 1 is 0.844 bits per heavy atom. The number of rotatable bonds is 8. The molecule has 0 atom stereocenters. The van der Waals surface area contributed by atoms with E-state index in [0.717, 1.165) is 31.1 Å². The average molecular weight is 444 g/mol. The van der Waals surface area contributed by atoms with Gasteiger partial charge in [-0.25, -0.2) is 0 Å². The van der Waals surface area contributed by atoms with Crippen molar-refractivity contribution in [3.8, 4) is 21.9 Å². The van der Waals surface area contributed by atoms with E-state index in [-0.39, 0.29) is 0 Å². The number of fused-ring (bicyclic) bond motifs is 1. The van der Waals surface area contributed by atoms with Crippen LogP contribution in [0.15, 0.2) is 72.8 Å². The van der Waals surface area contributed by atoms with Crippen molar-refractivity contribution in [2.45, 2.75) is 19.3 Å². The molecule has 0 amide bonds. The van der Waals surface area contributed by atoms with Gasteiger partial charge in [0.1, 0.15) is 18.1 Å². The van der Waals surface area contributed by atoms with E-state index in [4.69, 9.17) is 9.47 Å². The van der Waals surface area contributed by atoms with Crippen molar-refractivity contribution in [2.75, 3.05) is 33.4 Å². The van der Waals surface area contributed by atoms with E-state index in [9.17, 15) is 0 Å². The summed E-state index contributed by atoms with van der Waals surface area (Å²) in [7, 11) is 1.71. The first-order chi connectivity index (χ1) is 15.8. The van der Waals surface area contributed by atoms with Crippen molar-refractivity contribution in [1.82, 2.24) is 4.90 Å². The molecule has 1 saturated heterocycles. The van der Waals surface area contributed by atoms with Crippen LogP contribution in [0.2, 0.25) is 0 Å². The molecule has 0 bridgehead atoms. The predicted molar refractivity (Wildman–Crippen MR) is 134 cm³/mol. The number of methoxy groups -OCH3 is 1. The zero-order chi connectivity index (χ0) is 21.8. The maximum atomic E-state index is 5.99. The molecule has 0 radical (unpaired) electrons. The van der Waals surface area contributed by atoms with Crippen LogP contribution in [0.5, 0.6) is 11.5 Å². The Labute approximate surface area is 194 Å². The predicted octanol–water partition coefficient (Wildman–Crippen LogP) is 6.64. The van der Waals surface area contributed by atoms with Gasteiger partial charge in [0.2, 0.25) is 0 Å². The summed E-state index contributed by atoms with van der Waals surface area (Å²) in [4.78, 5) is 3.82. The van der Waals surface area contributed by atoms with Crippen molar-refractivity contribution in [3.63, 3.8) is 0 Å². The highest BCUT2D eigenvalue weighted by molar-refractivity contribution is 7.22. The summed E-state index contributed by atoms with van der Waals surface area (Å²) in [6.45, 7) is 4.21. The summed E-state index contributed by atoms with van der Waals surface area (Å²) in [5, 5.41) is 1.34. The molecule has 5 rings (SSSR count). The van der Waals surface area contributed by atoms with E-state index in [1.807, 2.05) is 23.5 Å². The zero-order valence-electron chi connectivity index (χ0n) is 18.5. The Hall–Kier alpha value is -2.82. The quantitative estimate of drug-likeness (QED) is 0.305. The first kappa shape index (κ1) is 21.0. The minimum Gasteiger partial charge on any atom is -0.497 e. The molecular weight excluding hydrogens is 414 g/mol. The Balaban J connectivity index is 1.34. The molecule has 164 valence electrons. The molecule has 32 heavy (non-hydrogen) atoms. The molecule has 1 aliphatic heterocycles. The first-order valence-electron chi connectivity index (χ1n) is 11.4. The molecule has 0 saturated carbocycles. The Morgan fingerprint density at radius 3 is 2.31 bits per heavy atom. The minimum absolute atomic E-state index is 0.760. The van der Waals surface area contributed by atoms with E-state index in [1.54, 1.807) is 7.11 Å². The van der Waals surface area contributed by atoms with Gasteiger partial charge >= 0.3 is 0 Å². The van der Waals surface area contributed by atoms with E-state index in [2.05, 4.69) is 65.6 Å². The third-order valence-corrected chi connectivity index (χ3v) is 7.49. The zero-order valence-corrected chi connectivity index (χ0v) is 19.4. The standard InChI is InChI=1S/C28H29NO2S/c1-30-23-14-10-22(11-15-23)28-26(25-6-2-3-7-27(25)32-28)20-21-8-12-24(13-9-21)31-19-18-29-16-4-5-17-29/h2-3,6-15H,4-5,16-20H2,1H3. The van der Waals surface area contributed by atoms with Crippen molar-refractivity contribution >= 4 is 21.4 Å². The maximum Gasteiger partial charge on any atom is 0.119 e. The molecule has 0 N–H and O–H groups in total. The second-order valence-electron chi connectivity index (χ2n) is 8.35. The van der Waals surface area contributed by atoms with Gasteiger partial charge in [-0.3, -0.25) is 4.90 Å². The molecule has 2 heterocycles. The maximum absolute atomic E-state index is 5.99. The number of nitrogens with zero attached hydrogens (tertiary/aromatic N) is 1. The van der Waals surface area contributed by atoms with Gasteiger partial charge in [-0.15, -0.1) is 11.3 Å². The average Bonchev–Trinajstić information content (AvgIpc) is 3.49. The smallest absolute Gasteiger partial charge is 0.119 e. The highest BCUT2D eigenvalue weighted by Gasteiger charge is 2.15. The van der Waals surface area contributed by atoms with Crippen LogP contribution in [0.4, 0.5) is 0 Å². The molecule has 1 aliphatic rings. The third-order valence-electron chi connectivity index (χ3n) is 6.23. The molecule has 3 nitrogen and oxygen atoms in total. The lowest BCUT2D eigenvalue weighted by molar-refractivity contribution is 0.238. The molecule has 0 unspecified atom stereocenters. The van der Waals surface area contributed by atoms with Crippen LogP contribution in [0.3, 0.4) is 0 Å². The van der Waals surface area contributed by atoms with Gasteiger partial charge in [0.05, 0.1) is 7.11 Å². The fraction of sp³-hybridized carbons (Fsp3) is 0.286. The van der Waals surface area contributed by atoms with Crippen LogP contribution in [0.1, 0.15) is 24.0 Å². The number of thiophene rings is 1. The summed E-state index contributed by atoms with van der Waals surface area (Å²) in [6, 6.07) is 25.7. The number of benzene rings is 3. The van der Waals surface area contributed by atoms with Crippen molar-refractivity contribution in [2.24, 2.45) is 0 Å². The molecule has 3 aromatic carbocycles. The van der Waals surface area contributed by atoms with Crippen LogP contribution < -0.4 is 9.47 Å². The fourth-order valence-corrected chi connectivity index (χ4v) is 5.68. The lowest BCUT2D eigenvalue weighted by Gasteiger charge is -2.15. The number of hydrogen-bond acceptors (Lipinski definition) is 4. The highest BCUT2D eigenvalue weighted by atomic mass is 32.1. The SMILES string of the molecule is COc1ccc(-c2sc3ccccc3c2Cc2ccc(OCCN3CCCC3)cc2)cc1. The molecular formula is C28H29NO2S. The second-order valence-corrected chi connectivity index (χ2v) is 9.40. The largest absolute Gasteiger partial charge is 0.497 e. The van der Waals surface area contributed by atoms with Crippen molar-refractivity contribution in [1.29, 1.82) is 0 Å². The van der Waals surface area contributed by atoms with Gasteiger partial charge in [0.25, 0.3) is 0 Å². The fourth-order valence-electron chi connectivity index (χ4n) is 4.46. The van der Waals surface area contributed by atoms with Crippen molar-refractivity contribution in [3.05, 3.63) is 83.9 Å². The van der Waals surface area contributed by atoms with Gasteiger partial charge < -0.3 is 9.47 Å². The molecule has 0 spiro atoms. The summed E-state index contributed by atoms with van der Waals surface area (Å²) in [6.07, 6.45) is 3.55. The Kier molecular flexibility index (Phi) is 6.42. The van der Waals surface area contributed by atoms with E-state index in [0.29, 0.717) is 0 Å². The molecule has 1 fully saturated rings. The lowest BCUT2D eigenvalue weighted by atomic mass is 9.99. The van der Waals surface area contributed by atoms with Gasteiger partial charge in [-0.1, -0.05) is 30.3 Å². The molecule has 4 heteroatoms. The normalized spacial score (nSPS) is 14.2. The topological polar surface area (TPSA) is 21.7 Å². The van der Waals surface area contributed by atoms with Crippen LogP contribution in [0, 0.1) is 0 Å². The van der Waals surface area contributed by atoms with Gasteiger partial charge in [-0.05, 0) is 96.9 Å². The third kappa shape index (κ3) is 4.67.